The summed E-state index contributed by atoms with van der Waals surface area (Å²) < 4.78 is 0. The third-order valence-corrected chi connectivity index (χ3v) is 6.56. The van der Waals surface area contributed by atoms with E-state index in [1.165, 1.54) is 0 Å². The number of nitrogens with one attached hydrogen (secondary N) is 3. The molecule has 2 saturated heterocycles. The first-order valence-corrected chi connectivity index (χ1v) is 9.52. The number of benzene rings is 2. The molecule has 142 valence electrons. The minimum Gasteiger partial charge on any atom is -0.324 e. The molecule has 0 bridgehead atoms. The van der Waals surface area contributed by atoms with Gasteiger partial charge in [-0.1, -0.05) is 42.5 Å². The van der Waals surface area contributed by atoms with Crippen molar-refractivity contribution < 1.29 is 14.4 Å². The van der Waals surface area contributed by atoms with Crippen LogP contribution >= 0.6 is 0 Å². The Bertz CT molecular complexity index is 1030. The monoisotopic (exact) mass is 375 g/mol. The molecule has 2 aromatic carbocycles. The smallest absolute Gasteiger partial charge is 0.250 e. The molecule has 0 aliphatic carbocycles. The fraction of sp³-hybridized carbons (Fsp3) is 0.318. The van der Waals surface area contributed by atoms with Crippen molar-refractivity contribution in [3.05, 3.63) is 64.7 Å². The van der Waals surface area contributed by atoms with Crippen molar-refractivity contribution in [1.29, 1.82) is 0 Å². The van der Waals surface area contributed by atoms with Crippen LogP contribution in [0.3, 0.4) is 0 Å². The molecule has 3 aliphatic heterocycles. The van der Waals surface area contributed by atoms with Gasteiger partial charge in [0.1, 0.15) is 5.54 Å². The summed E-state index contributed by atoms with van der Waals surface area (Å²) in [6.45, 7) is 3.95. The van der Waals surface area contributed by atoms with Crippen LogP contribution in [0.1, 0.15) is 22.3 Å². The Hall–Kier alpha value is -2.99. The summed E-state index contributed by atoms with van der Waals surface area (Å²) in [6.07, 6.45) is 0.567. The lowest BCUT2D eigenvalue weighted by Crippen LogP contribution is -2.53. The van der Waals surface area contributed by atoms with Crippen LogP contribution in [0.5, 0.6) is 0 Å². The summed E-state index contributed by atoms with van der Waals surface area (Å²) >= 11 is 0. The van der Waals surface area contributed by atoms with Crippen LogP contribution in [0.15, 0.2) is 42.5 Å². The number of imide groups is 1. The average molecular weight is 375 g/mol. The van der Waals surface area contributed by atoms with E-state index >= 15 is 0 Å². The molecular formula is C22H21N3O3. The highest BCUT2D eigenvalue weighted by Gasteiger charge is 2.68. The second-order valence-electron chi connectivity index (χ2n) is 7.99. The first-order chi connectivity index (χ1) is 13.4. The van der Waals surface area contributed by atoms with Crippen LogP contribution in [-0.4, -0.2) is 23.8 Å². The highest BCUT2D eigenvalue weighted by molar-refractivity contribution is 6.15. The van der Waals surface area contributed by atoms with Gasteiger partial charge in [0.15, 0.2) is 0 Å². The molecule has 3 aliphatic rings. The fourth-order valence-electron chi connectivity index (χ4n) is 5.09. The van der Waals surface area contributed by atoms with Crippen molar-refractivity contribution in [3.63, 3.8) is 0 Å². The number of carbonyl (C=O) groups excluding carboxylic acids is 3. The highest BCUT2D eigenvalue weighted by atomic mass is 16.2. The number of amides is 3. The molecule has 3 N–H and O–H groups in total. The largest absolute Gasteiger partial charge is 0.324 e. The van der Waals surface area contributed by atoms with Crippen LogP contribution in [0.25, 0.3) is 0 Å². The van der Waals surface area contributed by atoms with Crippen LogP contribution in [0, 0.1) is 25.7 Å². The topological polar surface area (TPSA) is 87.3 Å². The number of fused-ring (bicyclic) bond motifs is 4. The fourth-order valence-corrected chi connectivity index (χ4v) is 5.09. The molecule has 2 aromatic rings. The SMILES string of the molecule is Cc1ccc2c(c1C)NC(=O)[C@@]21N[C@H](Cc2ccccc2)[C@H]2C(=O)NC(=O)[C@H]21. The normalized spacial score (nSPS) is 30.4. The maximum atomic E-state index is 13.2. The van der Waals surface area contributed by atoms with Gasteiger partial charge >= 0.3 is 0 Å². The number of carbonyl (C=O) groups is 3. The quantitative estimate of drug-likeness (QED) is 0.695. The minimum atomic E-state index is -1.21. The van der Waals surface area contributed by atoms with Crippen molar-refractivity contribution in [1.82, 2.24) is 10.6 Å². The van der Waals surface area contributed by atoms with Crippen molar-refractivity contribution >= 4 is 23.4 Å². The summed E-state index contributed by atoms with van der Waals surface area (Å²) in [4.78, 5) is 38.7. The molecule has 1 spiro atoms. The van der Waals surface area contributed by atoms with Crippen molar-refractivity contribution in [2.75, 3.05) is 5.32 Å². The van der Waals surface area contributed by atoms with Gasteiger partial charge in [0, 0.05) is 17.3 Å². The van der Waals surface area contributed by atoms with Gasteiger partial charge in [-0.15, -0.1) is 0 Å². The van der Waals surface area contributed by atoms with Gasteiger partial charge < -0.3 is 5.32 Å². The number of hydrogen-bond acceptors (Lipinski definition) is 4. The molecule has 0 saturated carbocycles. The predicted molar refractivity (Wildman–Crippen MR) is 103 cm³/mol. The molecule has 6 heteroatoms. The average Bonchev–Trinajstić information content (AvgIpc) is 3.26. The molecule has 5 rings (SSSR count). The molecule has 4 atom stereocenters. The van der Waals surface area contributed by atoms with E-state index in [1.54, 1.807) is 0 Å². The van der Waals surface area contributed by atoms with Crippen molar-refractivity contribution in [2.45, 2.75) is 31.8 Å². The lowest BCUT2D eigenvalue weighted by molar-refractivity contribution is -0.132. The van der Waals surface area contributed by atoms with Crippen LogP contribution in [-0.2, 0) is 26.3 Å². The lowest BCUT2D eigenvalue weighted by Gasteiger charge is -2.28. The standard InChI is InChI=1S/C22H21N3O3/c1-11-8-9-14-18(12(11)2)23-21(28)22(14)17-16(19(26)24-20(17)27)15(25-22)10-13-6-4-3-5-7-13/h3-9,15-17,25H,10H2,1-2H3,(H,23,28)(H,24,26,27)/t15-,16-,17+,22-/m1/s1. The lowest BCUT2D eigenvalue weighted by atomic mass is 9.76. The van der Waals surface area contributed by atoms with Gasteiger partial charge in [-0.2, -0.15) is 0 Å². The van der Waals surface area contributed by atoms with E-state index in [1.807, 2.05) is 56.3 Å². The summed E-state index contributed by atoms with van der Waals surface area (Å²) in [6, 6.07) is 13.4. The zero-order valence-electron chi connectivity index (χ0n) is 15.7. The van der Waals surface area contributed by atoms with Crippen LogP contribution in [0.2, 0.25) is 0 Å². The van der Waals surface area contributed by atoms with E-state index in [0.717, 1.165) is 27.9 Å². The molecule has 28 heavy (non-hydrogen) atoms. The summed E-state index contributed by atoms with van der Waals surface area (Å²) in [5.74, 6) is -2.26. The maximum Gasteiger partial charge on any atom is 0.250 e. The van der Waals surface area contributed by atoms with Crippen LogP contribution < -0.4 is 16.0 Å². The first-order valence-electron chi connectivity index (χ1n) is 9.52. The molecule has 0 radical (unpaired) electrons. The van der Waals surface area contributed by atoms with E-state index in [0.29, 0.717) is 6.42 Å². The molecule has 2 fully saturated rings. The zero-order chi connectivity index (χ0) is 19.6. The molecular weight excluding hydrogens is 354 g/mol. The summed E-state index contributed by atoms with van der Waals surface area (Å²) in [5.41, 5.74) is 3.41. The van der Waals surface area contributed by atoms with Gasteiger partial charge in [-0.05, 0) is 37.0 Å². The number of anilines is 1. The molecule has 0 aromatic heterocycles. The summed E-state index contributed by atoms with van der Waals surface area (Å²) in [7, 11) is 0. The predicted octanol–water partition coefficient (Wildman–Crippen LogP) is 1.55. The third kappa shape index (κ3) is 2.09. The van der Waals surface area contributed by atoms with E-state index in [-0.39, 0.29) is 23.8 Å². The highest BCUT2D eigenvalue weighted by Crippen LogP contribution is 2.52. The van der Waals surface area contributed by atoms with Gasteiger partial charge in [0.2, 0.25) is 17.7 Å². The maximum absolute atomic E-state index is 13.2. The van der Waals surface area contributed by atoms with Gasteiger partial charge in [0.25, 0.3) is 0 Å². The Kier molecular flexibility index (Phi) is 3.52. The van der Waals surface area contributed by atoms with Gasteiger partial charge in [-0.3, -0.25) is 25.0 Å². The number of aryl methyl sites for hydroxylation is 1. The van der Waals surface area contributed by atoms with Crippen molar-refractivity contribution in [2.24, 2.45) is 11.8 Å². The Morgan fingerprint density at radius 3 is 2.43 bits per heavy atom. The first kappa shape index (κ1) is 17.1. The van der Waals surface area contributed by atoms with E-state index < -0.39 is 17.4 Å². The molecule has 0 unspecified atom stereocenters. The minimum absolute atomic E-state index is 0.258. The Balaban J connectivity index is 1.65. The van der Waals surface area contributed by atoms with E-state index in [4.69, 9.17) is 0 Å². The zero-order valence-corrected chi connectivity index (χ0v) is 15.7. The number of rotatable bonds is 2. The third-order valence-electron chi connectivity index (χ3n) is 6.56. The van der Waals surface area contributed by atoms with Crippen LogP contribution in [0.4, 0.5) is 5.69 Å². The number of hydrogen-bond donors (Lipinski definition) is 3. The molecule has 3 heterocycles. The second-order valence-corrected chi connectivity index (χ2v) is 7.99. The Morgan fingerprint density at radius 1 is 0.929 bits per heavy atom. The Morgan fingerprint density at radius 2 is 1.68 bits per heavy atom. The summed E-state index contributed by atoms with van der Waals surface area (Å²) in [5, 5.41) is 8.88. The van der Waals surface area contributed by atoms with E-state index in [2.05, 4.69) is 16.0 Å². The van der Waals surface area contributed by atoms with Gasteiger partial charge in [0.05, 0.1) is 11.8 Å². The van der Waals surface area contributed by atoms with Gasteiger partial charge in [-0.25, -0.2) is 0 Å². The Labute approximate surface area is 162 Å². The second kappa shape index (κ2) is 5.75. The van der Waals surface area contributed by atoms with E-state index in [9.17, 15) is 14.4 Å². The van der Waals surface area contributed by atoms with Crippen molar-refractivity contribution in [3.8, 4) is 0 Å². The molecule has 3 amide bonds. The molecule has 6 nitrogen and oxygen atoms in total.